The van der Waals surface area contributed by atoms with Crippen molar-refractivity contribution in [2.45, 2.75) is 6.43 Å². The molecular formula is C8H2ClF2IN2O. The van der Waals surface area contributed by atoms with Crippen LogP contribution in [0.2, 0.25) is 0 Å². The van der Waals surface area contributed by atoms with E-state index in [2.05, 4.69) is 4.98 Å². The molecule has 0 aliphatic heterocycles. The third-order valence-electron chi connectivity index (χ3n) is 1.56. The molecule has 0 spiro atoms. The standard InChI is InChI=1S/C8H2ClF2IN2O/c9-6(15)4-1-3(2-13)14-8(12)5(4)7(10)11/h1,7H. The first kappa shape index (κ1) is 12.3. The van der Waals surface area contributed by atoms with Crippen LogP contribution >= 0.6 is 34.2 Å². The molecule has 0 aliphatic rings. The topological polar surface area (TPSA) is 53.8 Å². The second-order valence-corrected chi connectivity index (χ2v) is 3.81. The van der Waals surface area contributed by atoms with Crippen LogP contribution in [0.25, 0.3) is 0 Å². The Morgan fingerprint density at radius 3 is 2.67 bits per heavy atom. The van der Waals surface area contributed by atoms with E-state index in [4.69, 9.17) is 16.9 Å². The molecule has 1 heterocycles. The van der Waals surface area contributed by atoms with Crippen molar-refractivity contribution < 1.29 is 13.6 Å². The number of nitriles is 1. The Morgan fingerprint density at radius 2 is 2.27 bits per heavy atom. The van der Waals surface area contributed by atoms with Crippen molar-refractivity contribution >= 4 is 39.4 Å². The van der Waals surface area contributed by atoms with Crippen LogP contribution in [0.4, 0.5) is 8.78 Å². The van der Waals surface area contributed by atoms with E-state index >= 15 is 0 Å². The van der Waals surface area contributed by atoms with E-state index in [1.165, 1.54) is 22.6 Å². The molecule has 0 atom stereocenters. The quantitative estimate of drug-likeness (QED) is 0.472. The maximum Gasteiger partial charge on any atom is 0.267 e. The fourth-order valence-electron chi connectivity index (χ4n) is 0.951. The van der Waals surface area contributed by atoms with Gasteiger partial charge in [0.15, 0.2) is 0 Å². The fourth-order valence-corrected chi connectivity index (χ4v) is 1.89. The summed E-state index contributed by atoms with van der Waals surface area (Å²) in [5, 5.41) is 7.51. The molecule has 15 heavy (non-hydrogen) atoms. The van der Waals surface area contributed by atoms with Gasteiger partial charge in [-0.05, 0) is 40.3 Å². The number of alkyl halides is 2. The SMILES string of the molecule is N#Cc1cc(C(=O)Cl)c(C(F)F)c(I)n1. The number of aromatic nitrogens is 1. The van der Waals surface area contributed by atoms with Crippen LogP contribution in [0.1, 0.15) is 28.0 Å². The molecule has 0 amide bonds. The lowest BCUT2D eigenvalue weighted by molar-refractivity contribution is 0.106. The minimum atomic E-state index is -2.85. The Bertz CT molecular complexity index is 459. The molecule has 0 saturated carbocycles. The van der Waals surface area contributed by atoms with Crippen LogP contribution in [-0.2, 0) is 0 Å². The molecule has 0 aromatic carbocycles. The van der Waals surface area contributed by atoms with E-state index in [1.54, 1.807) is 6.07 Å². The lowest BCUT2D eigenvalue weighted by atomic mass is 10.1. The molecule has 0 saturated heterocycles. The first-order valence-electron chi connectivity index (χ1n) is 3.56. The number of carbonyl (C=O) groups is 1. The molecule has 0 unspecified atom stereocenters. The number of hydrogen-bond acceptors (Lipinski definition) is 3. The minimum Gasteiger partial charge on any atom is -0.276 e. The lowest BCUT2D eigenvalue weighted by Crippen LogP contribution is -2.05. The molecule has 0 N–H and O–H groups in total. The highest BCUT2D eigenvalue weighted by molar-refractivity contribution is 14.1. The number of hydrogen-bond donors (Lipinski definition) is 0. The smallest absolute Gasteiger partial charge is 0.267 e. The van der Waals surface area contributed by atoms with E-state index in [-0.39, 0.29) is 15.0 Å². The van der Waals surface area contributed by atoms with Gasteiger partial charge in [0.05, 0.1) is 5.56 Å². The maximum atomic E-state index is 12.5. The largest absolute Gasteiger partial charge is 0.276 e. The van der Waals surface area contributed by atoms with Crippen molar-refractivity contribution in [1.29, 1.82) is 5.26 Å². The molecule has 0 fully saturated rings. The van der Waals surface area contributed by atoms with Crippen LogP contribution in [-0.4, -0.2) is 10.2 Å². The molecule has 7 heteroatoms. The minimum absolute atomic E-state index is 0.0920. The first-order chi connectivity index (χ1) is 6.97. The predicted molar refractivity (Wildman–Crippen MR) is 56.8 cm³/mol. The first-order valence-corrected chi connectivity index (χ1v) is 5.01. The van der Waals surface area contributed by atoms with Gasteiger partial charge in [0.2, 0.25) is 0 Å². The number of nitrogens with zero attached hydrogens (tertiary/aromatic N) is 2. The van der Waals surface area contributed by atoms with Crippen LogP contribution < -0.4 is 0 Å². The highest BCUT2D eigenvalue weighted by atomic mass is 127. The summed E-state index contributed by atoms with van der Waals surface area (Å²) < 4.78 is 25.0. The average Bonchev–Trinajstić information content (AvgIpc) is 2.15. The zero-order valence-corrected chi connectivity index (χ0v) is 9.88. The van der Waals surface area contributed by atoms with Crippen LogP contribution in [0.5, 0.6) is 0 Å². The molecule has 78 valence electrons. The van der Waals surface area contributed by atoms with Crippen LogP contribution in [0.3, 0.4) is 0 Å². The van der Waals surface area contributed by atoms with E-state index in [1.807, 2.05) is 0 Å². The summed E-state index contributed by atoms with van der Waals surface area (Å²) in [4.78, 5) is 14.5. The van der Waals surface area contributed by atoms with Crippen molar-refractivity contribution in [3.05, 3.63) is 26.6 Å². The number of pyridine rings is 1. The van der Waals surface area contributed by atoms with Crippen molar-refractivity contribution in [3.8, 4) is 6.07 Å². The Kier molecular flexibility index (Phi) is 3.93. The second-order valence-electron chi connectivity index (χ2n) is 2.45. The fraction of sp³-hybridized carbons (Fsp3) is 0.125. The third kappa shape index (κ3) is 2.60. The molecule has 1 aromatic rings. The molecule has 0 bridgehead atoms. The molecule has 0 radical (unpaired) electrons. The normalized spacial score (nSPS) is 10.1. The summed E-state index contributed by atoms with van der Waals surface area (Å²) in [5.74, 6) is 0. The molecule has 0 aliphatic carbocycles. The summed E-state index contributed by atoms with van der Waals surface area (Å²) in [6, 6.07) is 2.61. The summed E-state index contributed by atoms with van der Waals surface area (Å²) in [6.45, 7) is 0. The number of rotatable bonds is 2. The van der Waals surface area contributed by atoms with Gasteiger partial charge in [-0.2, -0.15) is 5.26 Å². The Balaban J connectivity index is 3.51. The zero-order chi connectivity index (χ0) is 11.6. The van der Waals surface area contributed by atoms with E-state index in [0.717, 1.165) is 6.07 Å². The van der Waals surface area contributed by atoms with Crippen molar-refractivity contribution in [2.75, 3.05) is 0 Å². The Morgan fingerprint density at radius 1 is 1.67 bits per heavy atom. The monoisotopic (exact) mass is 342 g/mol. The van der Waals surface area contributed by atoms with Gasteiger partial charge in [-0.25, -0.2) is 13.8 Å². The number of halogens is 4. The third-order valence-corrected chi connectivity index (χ3v) is 2.58. The second kappa shape index (κ2) is 4.81. The number of carbonyl (C=O) groups excluding carboxylic acids is 1. The van der Waals surface area contributed by atoms with E-state index in [9.17, 15) is 13.6 Å². The summed E-state index contributed by atoms with van der Waals surface area (Å²) >= 11 is 6.67. The maximum absolute atomic E-state index is 12.5. The van der Waals surface area contributed by atoms with Gasteiger partial charge >= 0.3 is 0 Å². The average molecular weight is 342 g/mol. The molecule has 1 aromatic heterocycles. The zero-order valence-electron chi connectivity index (χ0n) is 6.97. The highest BCUT2D eigenvalue weighted by Crippen LogP contribution is 2.28. The van der Waals surface area contributed by atoms with Gasteiger partial charge in [0.1, 0.15) is 15.5 Å². The molecule has 3 nitrogen and oxygen atoms in total. The van der Waals surface area contributed by atoms with Gasteiger partial charge in [-0.3, -0.25) is 4.79 Å². The predicted octanol–water partition coefficient (Wildman–Crippen LogP) is 2.87. The van der Waals surface area contributed by atoms with Crippen LogP contribution in [0.15, 0.2) is 6.07 Å². The van der Waals surface area contributed by atoms with Gasteiger partial charge in [0, 0.05) is 5.56 Å². The van der Waals surface area contributed by atoms with Gasteiger partial charge < -0.3 is 0 Å². The molecular weight excluding hydrogens is 340 g/mol. The van der Waals surface area contributed by atoms with Crippen LogP contribution in [0, 0.1) is 15.0 Å². The summed E-state index contributed by atoms with van der Waals surface area (Å²) in [6.07, 6.45) is -2.85. The van der Waals surface area contributed by atoms with Crippen molar-refractivity contribution in [3.63, 3.8) is 0 Å². The van der Waals surface area contributed by atoms with Gasteiger partial charge in [-0.1, -0.05) is 0 Å². The van der Waals surface area contributed by atoms with Crippen molar-refractivity contribution in [1.82, 2.24) is 4.98 Å². The lowest BCUT2D eigenvalue weighted by Gasteiger charge is -2.07. The van der Waals surface area contributed by atoms with Gasteiger partial charge in [0.25, 0.3) is 11.7 Å². The molecule has 1 rings (SSSR count). The Labute approximate surface area is 102 Å². The van der Waals surface area contributed by atoms with E-state index < -0.39 is 17.2 Å². The highest BCUT2D eigenvalue weighted by Gasteiger charge is 2.22. The summed E-state index contributed by atoms with van der Waals surface area (Å²) in [7, 11) is 0. The van der Waals surface area contributed by atoms with E-state index in [0.29, 0.717) is 0 Å². The van der Waals surface area contributed by atoms with Crippen molar-refractivity contribution in [2.24, 2.45) is 0 Å². The van der Waals surface area contributed by atoms with Gasteiger partial charge in [-0.15, -0.1) is 0 Å². The summed E-state index contributed by atoms with van der Waals surface area (Å²) in [5.41, 5.74) is -1.02. The Hall–Kier alpha value is -0.810.